The number of thiophene rings is 1. The van der Waals surface area contributed by atoms with Crippen molar-refractivity contribution < 1.29 is 0 Å². The highest BCUT2D eigenvalue weighted by atomic mass is 35.5. The lowest BCUT2D eigenvalue weighted by atomic mass is 10.0. The van der Waals surface area contributed by atoms with Crippen molar-refractivity contribution in [1.29, 1.82) is 0 Å². The zero-order valence-electron chi connectivity index (χ0n) is 16.8. The van der Waals surface area contributed by atoms with Gasteiger partial charge in [0, 0.05) is 17.6 Å². The molecule has 1 aliphatic rings. The van der Waals surface area contributed by atoms with Gasteiger partial charge in [-0.05, 0) is 60.9 Å². The highest BCUT2D eigenvalue weighted by Gasteiger charge is 2.23. The van der Waals surface area contributed by atoms with Gasteiger partial charge in [-0.3, -0.25) is 0 Å². The molecular formula is C23H22Cl2N4S. The van der Waals surface area contributed by atoms with Crippen molar-refractivity contribution in [3.63, 3.8) is 0 Å². The van der Waals surface area contributed by atoms with Gasteiger partial charge in [-0.25, -0.2) is 15.0 Å². The van der Waals surface area contributed by atoms with Gasteiger partial charge in [0.1, 0.15) is 17.0 Å². The van der Waals surface area contributed by atoms with E-state index in [1.165, 1.54) is 28.6 Å². The Labute approximate surface area is 189 Å². The van der Waals surface area contributed by atoms with E-state index in [1.54, 1.807) is 17.7 Å². The summed E-state index contributed by atoms with van der Waals surface area (Å²) in [7, 11) is 0. The van der Waals surface area contributed by atoms with Crippen LogP contribution in [0.25, 0.3) is 20.4 Å². The van der Waals surface area contributed by atoms with Gasteiger partial charge in [0.15, 0.2) is 0 Å². The van der Waals surface area contributed by atoms with Crippen LogP contribution in [0.5, 0.6) is 0 Å². The summed E-state index contributed by atoms with van der Waals surface area (Å²) in [4.78, 5) is 15.3. The maximum atomic E-state index is 6.14. The summed E-state index contributed by atoms with van der Waals surface area (Å²) in [6.07, 6.45) is 8.15. The van der Waals surface area contributed by atoms with Gasteiger partial charge in [0.2, 0.25) is 0 Å². The quantitative estimate of drug-likeness (QED) is 0.353. The predicted octanol–water partition coefficient (Wildman–Crippen LogP) is 6.64. The van der Waals surface area contributed by atoms with E-state index < -0.39 is 0 Å². The van der Waals surface area contributed by atoms with Crippen LogP contribution < -0.4 is 5.32 Å². The first-order chi connectivity index (χ1) is 14.7. The molecule has 4 aromatic rings. The van der Waals surface area contributed by atoms with E-state index in [4.69, 9.17) is 28.2 Å². The van der Waals surface area contributed by atoms with Gasteiger partial charge in [-0.2, -0.15) is 0 Å². The summed E-state index contributed by atoms with van der Waals surface area (Å²) in [5.41, 5.74) is 6.40. The maximum Gasteiger partial charge on any atom is 0.147 e. The zero-order valence-corrected chi connectivity index (χ0v) is 19.1. The van der Waals surface area contributed by atoms with Gasteiger partial charge < -0.3 is 5.32 Å². The Morgan fingerprint density at radius 3 is 2.77 bits per heavy atom. The summed E-state index contributed by atoms with van der Waals surface area (Å²) in [5.74, 6) is 0.881. The number of rotatable bonds is 6. The van der Waals surface area contributed by atoms with Gasteiger partial charge in [-0.15, -0.1) is 11.3 Å². The molecule has 5 rings (SSSR count). The molecule has 0 saturated carbocycles. The third-order valence-corrected chi connectivity index (χ3v) is 7.55. The lowest BCUT2D eigenvalue weighted by molar-refractivity contribution is 0.856. The summed E-state index contributed by atoms with van der Waals surface area (Å²) in [5, 5.41) is 5.91. The lowest BCUT2D eigenvalue weighted by Gasteiger charge is -2.08. The van der Waals surface area contributed by atoms with Gasteiger partial charge in [0.05, 0.1) is 20.3 Å². The van der Waals surface area contributed by atoms with Crippen LogP contribution >= 0.6 is 34.5 Å². The van der Waals surface area contributed by atoms with Gasteiger partial charge in [-0.1, -0.05) is 42.6 Å². The number of anilines is 1. The maximum absolute atomic E-state index is 6.14. The first kappa shape index (κ1) is 20.0. The first-order valence-corrected chi connectivity index (χ1v) is 12.0. The Hall–Kier alpha value is -1.95. The van der Waals surface area contributed by atoms with E-state index in [-0.39, 0.29) is 0 Å². The molecule has 30 heavy (non-hydrogen) atoms. The van der Waals surface area contributed by atoms with Crippen LogP contribution in [0.4, 0.5) is 5.82 Å². The molecule has 0 amide bonds. The first-order valence-electron chi connectivity index (χ1n) is 10.4. The van der Waals surface area contributed by atoms with Crippen LogP contribution in [0.15, 0.2) is 24.5 Å². The lowest BCUT2D eigenvalue weighted by Crippen LogP contribution is -2.06. The topological polar surface area (TPSA) is 50.7 Å². The number of pyridine rings is 1. The fourth-order valence-corrected chi connectivity index (χ4v) is 5.83. The Morgan fingerprint density at radius 1 is 1.07 bits per heavy atom. The highest BCUT2D eigenvalue weighted by molar-refractivity contribution is 7.26. The van der Waals surface area contributed by atoms with Gasteiger partial charge >= 0.3 is 0 Å². The number of aromatic nitrogens is 3. The molecule has 7 heteroatoms. The molecule has 0 radical (unpaired) electrons. The Morgan fingerprint density at radius 2 is 1.93 bits per heavy atom. The molecule has 0 atom stereocenters. The van der Waals surface area contributed by atoms with Crippen molar-refractivity contribution in [3.05, 3.63) is 57.0 Å². The smallest absolute Gasteiger partial charge is 0.147 e. The second kappa shape index (κ2) is 8.29. The van der Waals surface area contributed by atoms with Crippen molar-refractivity contribution in [2.24, 2.45) is 0 Å². The molecule has 1 aliphatic carbocycles. The van der Waals surface area contributed by atoms with Crippen LogP contribution in [0.1, 0.15) is 42.1 Å². The molecule has 0 bridgehead atoms. The third kappa shape index (κ3) is 3.53. The largest absolute Gasteiger partial charge is 0.368 e. The molecule has 0 fully saturated rings. The highest BCUT2D eigenvalue weighted by Crippen LogP contribution is 2.41. The summed E-state index contributed by atoms with van der Waals surface area (Å²) in [6, 6.07) is 5.77. The minimum Gasteiger partial charge on any atom is -0.368 e. The van der Waals surface area contributed by atoms with Crippen LogP contribution in [0.3, 0.4) is 0 Å². The molecule has 0 aliphatic heterocycles. The second-order valence-electron chi connectivity index (χ2n) is 7.73. The number of fused-ring (bicyclic) bond motifs is 5. The number of hydrogen-bond donors (Lipinski definition) is 1. The van der Waals surface area contributed by atoms with Gasteiger partial charge in [0.25, 0.3) is 0 Å². The molecule has 4 nitrogen and oxygen atoms in total. The standard InChI is InChI=1S/C23H22Cl2N4S/c1-2-4-18-14-5-3-6-15(14)19-20-21(30-23(19)29-18)22(28-12-27-20)26-10-9-13-7-8-16(24)17(25)11-13/h7-8,11-12H,2-6,9-10H2,1H3,(H,26,27,28). The van der Waals surface area contributed by atoms with E-state index in [0.717, 1.165) is 65.1 Å². The molecule has 3 heterocycles. The number of halogens is 2. The second-order valence-corrected chi connectivity index (χ2v) is 9.54. The number of nitrogens with one attached hydrogen (secondary N) is 1. The van der Waals surface area contributed by atoms with Crippen molar-refractivity contribution >= 4 is 60.8 Å². The van der Waals surface area contributed by atoms with Crippen LogP contribution in [-0.4, -0.2) is 21.5 Å². The Balaban J connectivity index is 1.48. The number of hydrogen-bond acceptors (Lipinski definition) is 5. The zero-order chi connectivity index (χ0) is 20.7. The minimum atomic E-state index is 0.582. The Kier molecular flexibility index (Phi) is 5.52. The number of benzene rings is 1. The molecule has 154 valence electrons. The van der Waals surface area contributed by atoms with E-state index in [0.29, 0.717) is 10.0 Å². The van der Waals surface area contributed by atoms with Crippen LogP contribution in [-0.2, 0) is 25.7 Å². The predicted molar refractivity (Wildman–Crippen MR) is 127 cm³/mol. The van der Waals surface area contributed by atoms with Crippen molar-refractivity contribution in [1.82, 2.24) is 15.0 Å². The number of nitrogens with zero attached hydrogens (tertiary/aromatic N) is 3. The summed E-state index contributed by atoms with van der Waals surface area (Å²) < 4.78 is 1.09. The Bertz CT molecular complexity index is 1250. The fraction of sp³-hybridized carbons (Fsp3) is 0.348. The third-order valence-electron chi connectivity index (χ3n) is 5.73. The molecule has 1 aromatic carbocycles. The van der Waals surface area contributed by atoms with Crippen molar-refractivity contribution in [3.8, 4) is 0 Å². The number of aryl methyl sites for hydroxylation is 2. The average molecular weight is 457 g/mol. The van der Waals surface area contributed by atoms with Crippen molar-refractivity contribution in [2.45, 2.75) is 45.4 Å². The van der Waals surface area contributed by atoms with Crippen LogP contribution in [0, 0.1) is 0 Å². The van der Waals surface area contributed by atoms with E-state index in [1.807, 2.05) is 18.2 Å². The van der Waals surface area contributed by atoms with E-state index in [2.05, 4.69) is 22.2 Å². The fourth-order valence-electron chi connectivity index (χ4n) is 4.37. The molecule has 0 unspecified atom stereocenters. The average Bonchev–Trinajstić information content (AvgIpc) is 3.36. The SMILES string of the molecule is CCCc1nc2sc3c(NCCc4ccc(Cl)c(Cl)c4)ncnc3c2c2c1CCC2. The van der Waals surface area contributed by atoms with E-state index >= 15 is 0 Å². The summed E-state index contributed by atoms with van der Waals surface area (Å²) in [6.45, 7) is 2.98. The molecule has 0 spiro atoms. The molecule has 3 aromatic heterocycles. The monoisotopic (exact) mass is 456 g/mol. The van der Waals surface area contributed by atoms with Crippen LogP contribution in [0.2, 0.25) is 10.0 Å². The van der Waals surface area contributed by atoms with Crippen molar-refractivity contribution in [2.75, 3.05) is 11.9 Å². The normalized spacial score (nSPS) is 13.3. The summed E-state index contributed by atoms with van der Waals surface area (Å²) >= 11 is 13.9. The molecule has 1 N–H and O–H groups in total. The minimum absolute atomic E-state index is 0.582. The van der Waals surface area contributed by atoms with E-state index in [9.17, 15) is 0 Å². The molecular weight excluding hydrogens is 435 g/mol. The molecule has 0 saturated heterocycles.